The Kier molecular flexibility index (Phi) is 3.42. The molecule has 0 N–H and O–H groups in total. The van der Waals surface area contributed by atoms with Crippen molar-refractivity contribution in [1.82, 2.24) is 24.1 Å². The number of fused-ring (bicyclic) bond motifs is 3. The number of rotatable bonds is 4. The van der Waals surface area contributed by atoms with Crippen LogP contribution in [0.3, 0.4) is 0 Å². The van der Waals surface area contributed by atoms with Crippen molar-refractivity contribution in [3.8, 4) is 0 Å². The average Bonchev–Trinajstić information content (AvgIpc) is 2.84. The van der Waals surface area contributed by atoms with Crippen molar-refractivity contribution in [3.63, 3.8) is 0 Å². The molecule has 7 nitrogen and oxygen atoms in total. The van der Waals surface area contributed by atoms with Crippen LogP contribution in [-0.4, -0.2) is 31.3 Å². The molecule has 21 heavy (non-hydrogen) atoms. The maximum Gasteiger partial charge on any atom is 0.261 e. The second-order valence-corrected chi connectivity index (χ2v) is 5.40. The predicted octanol–water partition coefficient (Wildman–Crippen LogP) is 1.24. The number of aromatic nitrogens is 5. The highest BCUT2D eigenvalue weighted by Gasteiger charge is 2.11. The van der Waals surface area contributed by atoms with Gasteiger partial charge in [0.15, 0.2) is 5.82 Å². The van der Waals surface area contributed by atoms with E-state index < -0.39 is 0 Å². The van der Waals surface area contributed by atoms with Gasteiger partial charge in [-0.1, -0.05) is 13.8 Å². The second-order valence-electron chi connectivity index (χ2n) is 5.40. The van der Waals surface area contributed by atoms with Gasteiger partial charge in [0.2, 0.25) is 0 Å². The van der Waals surface area contributed by atoms with Crippen LogP contribution in [0.25, 0.3) is 16.7 Å². The molecule has 0 aliphatic rings. The smallest absolute Gasteiger partial charge is 0.261 e. The third-order valence-electron chi connectivity index (χ3n) is 3.19. The Morgan fingerprint density at radius 1 is 1.38 bits per heavy atom. The van der Waals surface area contributed by atoms with Crippen molar-refractivity contribution in [2.75, 3.05) is 7.11 Å². The third kappa shape index (κ3) is 2.40. The van der Waals surface area contributed by atoms with Crippen molar-refractivity contribution in [1.29, 1.82) is 0 Å². The van der Waals surface area contributed by atoms with Gasteiger partial charge in [-0.25, -0.2) is 4.98 Å². The molecular formula is C14H17N5O2. The van der Waals surface area contributed by atoms with Gasteiger partial charge in [-0.05, 0) is 12.0 Å². The molecule has 3 rings (SSSR count). The Morgan fingerprint density at radius 2 is 2.19 bits per heavy atom. The van der Waals surface area contributed by atoms with E-state index in [1.54, 1.807) is 28.6 Å². The lowest BCUT2D eigenvalue weighted by molar-refractivity contribution is 0.178. The molecule has 0 saturated carbocycles. The number of hydrogen-bond donors (Lipinski definition) is 0. The van der Waals surface area contributed by atoms with Crippen molar-refractivity contribution in [2.24, 2.45) is 5.92 Å². The van der Waals surface area contributed by atoms with E-state index >= 15 is 0 Å². The molecule has 7 heteroatoms. The van der Waals surface area contributed by atoms with Crippen LogP contribution in [0.2, 0.25) is 0 Å². The fourth-order valence-corrected chi connectivity index (χ4v) is 2.33. The molecule has 0 spiro atoms. The number of methoxy groups -OCH3 is 1. The van der Waals surface area contributed by atoms with E-state index in [0.29, 0.717) is 41.6 Å². The lowest BCUT2D eigenvalue weighted by atomic mass is 10.2. The van der Waals surface area contributed by atoms with Gasteiger partial charge < -0.3 is 9.30 Å². The molecule has 0 atom stereocenters. The summed E-state index contributed by atoms with van der Waals surface area (Å²) in [5, 5.41) is 4.87. The van der Waals surface area contributed by atoms with Crippen LogP contribution in [0.4, 0.5) is 0 Å². The first-order chi connectivity index (χ1) is 10.1. The van der Waals surface area contributed by atoms with Crippen LogP contribution in [-0.2, 0) is 17.9 Å². The maximum atomic E-state index is 12.5. The largest absolute Gasteiger partial charge is 0.377 e. The van der Waals surface area contributed by atoms with E-state index in [-0.39, 0.29) is 5.56 Å². The van der Waals surface area contributed by atoms with Crippen molar-refractivity contribution >= 4 is 16.7 Å². The summed E-state index contributed by atoms with van der Waals surface area (Å²) in [5.41, 5.74) is 0.652. The lowest BCUT2D eigenvalue weighted by Crippen LogP contribution is -2.22. The highest BCUT2D eigenvalue weighted by atomic mass is 16.5. The molecule has 110 valence electrons. The first kappa shape index (κ1) is 13.7. The van der Waals surface area contributed by atoms with Crippen molar-refractivity contribution in [3.05, 3.63) is 34.6 Å². The number of hydrogen-bond acceptors (Lipinski definition) is 5. The molecule has 0 aliphatic carbocycles. The van der Waals surface area contributed by atoms with Crippen LogP contribution >= 0.6 is 0 Å². The van der Waals surface area contributed by atoms with Gasteiger partial charge >= 0.3 is 0 Å². The zero-order valence-electron chi connectivity index (χ0n) is 12.3. The van der Waals surface area contributed by atoms with E-state index in [1.165, 1.54) is 0 Å². The summed E-state index contributed by atoms with van der Waals surface area (Å²) >= 11 is 0. The summed E-state index contributed by atoms with van der Waals surface area (Å²) in [6.07, 6.45) is 3.36. The SMILES string of the molecule is COCc1nc2ncc3c(=O)n(CC(C)C)ccc3n2n1. The fraction of sp³-hybridized carbons (Fsp3) is 0.429. The number of nitrogens with zero attached hydrogens (tertiary/aromatic N) is 5. The predicted molar refractivity (Wildman–Crippen MR) is 78.1 cm³/mol. The normalized spacial score (nSPS) is 11.8. The summed E-state index contributed by atoms with van der Waals surface area (Å²) in [4.78, 5) is 21.0. The topological polar surface area (TPSA) is 74.3 Å². The van der Waals surface area contributed by atoms with Gasteiger partial charge in [-0.3, -0.25) is 4.79 Å². The highest BCUT2D eigenvalue weighted by molar-refractivity contribution is 5.78. The molecule has 3 aromatic heterocycles. The molecule has 0 radical (unpaired) electrons. The monoisotopic (exact) mass is 287 g/mol. The van der Waals surface area contributed by atoms with Crippen LogP contribution in [0.15, 0.2) is 23.3 Å². The minimum absolute atomic E-state index is 0.0561. The summed E-state index contributed by atoms with van der Waals surface area (Å²) in [7, 11) is 1.59. The minimum atomic E-state index is -0.0561. The van der Waals surface area contributed by atoms with Gasteiger partial charge in [-0.2, -0.15) is 9.50 Å². The molecule has 0 unspecified atom stereocenters. The van der Waals surface area contributed by atoms with Crippen LogP contribution in [0.5, 0.6) is 0 Å². The van der Waals surface area contributed by atoms with Gasteiger partial charge in [0.25, 0.3) is 11.3 Å². The average molecular weight is 287 g/mol. The maximum absolute atomic E-state index is 12.5. The lowest BCUT2D eigenvalue weighted by Gasteiger charge is -2.09. The second kappa shape index (κ2) is 5.25. The standard InChI is InChI=1S/C14H17N5O2/c1-9(2)7-18-5-4-11-10(13(18)20)6-15-14-16-12(8-21-3)17-19(11)14/h4-6,9H,7-8H2,1-3H3. The first-order valence-electron chi connectivity index (χ1n) is 6.83. The Bertz CT molecular complexity index is 850. The van der Waals surface area contributed by atoms with Gasteiger partial charge in [0.1, 0.15) is 6.61 Å². The molecule has 0 aliphatic heterocycles. The summed E-state index contributed by atoms with van der Waals surface area (Å²) in [6, 6.07) is 1.87. The molecule has 0 fully saturated rings. The van der Waals surface area contributed by atoms with Crippen LogP contribution in [0.1, 0.15) is 19.7 Å². The molecule has 0 saturated heterocycles. The molecule has 0 amide bonds. The first-order valence-corrected chi connectivity index (χ1v) is 6.83. The van der Waals surface area contributed by atoms with E-state index in [1.807, 2.05) is 6.07 Å². The number of pyridine rings is 1. The Balaban J connectivity index is 2.22. The summed E-state index contributed by atoms with van der Waals surface area (Å²) in [5.74, 6) is 1.41. The van der Waals surface area contributed by atoms with E-state index in [2.05, 4.69) is 28.9 Å². The summed E-state index contributed by atoms with van der Waals surface area (Å²) in [6.45, 7) is 5.15. The number of ether oxygens (including phenoxy) is 1. The van der Waals surface area contributed by atoms with Crippen LogP contribution < -0.4 is 5.56 Å². The zero-order chi connectivity index (χ0) is 15.0. The van der Waals surface area contributed by atoms with Crippen LogP contribution in [0, 0.1) is 5.92 Å². The minimum Gasteiger partial charge on any atom is -0.377 e. The molecule has 3 heterocycles. The van der Waals surface area contributed by atoms with E-state index in [9.17, 15) is 4.79 Å². The van der Waals surface area contributed by atoms with Gasteiger partial charge in [0, 0.05) is 26.0 Å². The summed E-state index contributed by atoms with van der Waals surface area (Å²) < 4.78 is 8.31. The fourth-order valence-electron chi connectivity index (χ4n) is 2.33. The van der Waals surface area contributed by atoms with Crippen molar-refractivity contribution in [2.45, 2.75) is 27.0 Å². The quantitative estimate of drug-likeness (QED) is 0.721. The van der Waals surface area contributed by atoms with Crippen molar-refractivity contribution < 1.29 is 4.74 Å². The molecule has 3 aromatic rings. The zero-order valence-corrected chi connectivity index (χ0v) is 12.3. The molecule has 0 aromatic carbocycles. The highest BCUT2D eigenvalue weighted by Crippen LogP contribution is 2.11. The van der Waals surface area contributed by atoms with Gasteiger partial charge in [-0.15, -0.1) is 5.10 Å². The molecule has 0 bridgehead atoms. The van der Waals surface area contributed by atoms with Gasteiger partial charge in [0.05, 0.1) is 10.9 Å². The Hall–Kier alpha value is -2.28. The Morgan fingerprint density at radius 3 is 2.90 bits per heavy atom. The van der Waals surface area contributed by atoms with E-state index in [0.717, 1.165) is 0 Å². The molecular weight excluding hydrogens is 270 g/mol. The van der Waals surface area contributed by atoms with E-state index in [4.69, 9.17) is 4.74 Å². The Labute approximate surface area is 121 Å². The third-order valence-corrected chi connectivity index (χ3v) is 3.19.